The predicted octanol–water partition coefficient (Wildman–Crippen LogP) is 2.94. The number of rotatable bonds is 6. The minimum Gasteiger partial charge on any atom is -0.363 e. The largest absolute Gasteiger partial charge is 0.406 e. The maximum atomic E-state index is 12.2. The quantitative estimate of drug-likeness (QED) is 0.581. The number of nitrogens with zero attached hydrogens (tertiary/aromatic N) is 1. The van der Waals surface area contributed by atoms with Crippen LogP contribution in [0, 0.1) is 0 Å². The fourth-order valence-corrected chi connectivity index (χ4v) is 1.48. The number of nitrogens with one attached hydrogen (secondary N) is 1. The van der Waals surface area contributed by atoms with Crippen LogP contribution in [-0.2, 0) is 0 Å². The van der Waals surface area contributed by atoms with Crippen LogP contribution in [0.15, 0.2) is 0 Å². The summed E-state index contributed by atoms with van der Waals surface area (Å²) in [5.74, 6) is 0. The molecule has 1 N–H and O–H groups in total. The van der Waals surface area contributed by atoms with E-state index < -0.39 is 12.7 Å². The monoisotopic (exact) mass is 256 g/mol. The zero-order valence-corrected chi connectivity index (χ0v) is 10.5. The molecule has 0 atom stereocenters. The van der Waals surface area contributed by atoms with E-state index in [0.717, 1.165) is 12.8 Å². The highest BCUT2D eigenvalue weighted by Gasteiger charge is 2.31. The van der Waals surface area contributed by atoms with Gasteiger partial charge in [-0.25, -0.2) is 0 Å². The van der Waals surface area contributed by atoms with E-state index >= 15 is 0 Å². The van der Waals surface area contributed by atoms with Gasteiger partial charge in [-0.15, -0.1) is 0 Å². The third kappa shape index (κ3) is 7.73. The van der Waals surface area contributed by atoms with Crippen LogP contribution >= 0.6 is 12.2 Å². The fourth-order valence-electron chi connectivity index (χ4n) is 1.22. The van der Waals surface area contributed by atoms with E-state index in [4.69, 9.17) is 12.2 Å². The Labute approximate surface area is 100 Å². The van der Waals surface area contributed by atoms with E-state index in [9.17, 15) is 13.2 Å². The summed E-state index contributed by atoms with van der Waals surface area (Å²) < 4.78 is 36.7. The number of hydrogen-bond acceptors (Lipinski definition) is 1. The van der Waals surface area contributed by atoms with E-state index in [1.807, 2.05) is 13.8 Å². The van der Waals surface area contributed by atoms with E-state index in [1.165, 1.54) is 4.90 Å². The molecule has 0 heterocycles. The van der Waals surface area contributed by atoms with Gasteiger partial charge in [0.15, 0.2) is 5.11 Å². The Kier molecular flexibility index (Phi) is 7.45. The first kappa shape index (κ1) is 15.5. The summed E-state index contributed by atoms with van der Waals surface area (Å²) >= 11 is 4.94. The molecule has 0 aromatic heterocycles. The summed E-state index contributed by atoms with van der Waals surface area (Å²) in [5, 5.41) is 3.05. The summed E-state index contributed by atoms with van der Waals surface area (Å²) in [4.78, 5) is 1.17. The molecule has 0 aliphatic rings. The molecule has 0 unspecified atom stereocenters. The molecule has 0 radical (unpaired) electrons. The Balaban J connectivity index is 4.13. The first-order valence-corrected chi connectivity index (χ1v) is 5.91. The fraction of sp³-hybridized carbons (Fsp3) is 0.900. The normalized spacial score (nSPS) is 11.3. The topological polar surface area (TPSA) is 15.3 Å². The Hall–Kier alpha value is -0.520. The minimum atomic E-state index is -4.20. The standard InChI is InChI=1S/C10H19F3N2S/c1-3-5-6-14-9(16)15(7-4-2)8-10(11,12)13/h3-8H2,1-2H3,(H,14,16). The number of halogens is 3. The average molecular weight is 256 g/mol. The van der Waals surface area contributed by atoms with Gasteiger partial charge in [0.05, 0.1) is 0 Å². The highest BCUT2D eigenvalue weighted by atomic mass is 32.1. The van der Waals surface area contributed by atoms with E-state index in [1.54, 1.807) is 0 Å². The predicted molar refractivity (Wildman–Crippen MR) is 63.4 cm³/mol. The smallest absolute Gasteiger partial charge is 0.363 e. The van der Waals surface area contributed by atoms with Crippen molar-refractivity contribution < 1.29 is 13.2 Å². The van der Waals surface area contributed by atoms with Crippen LogP contribution in [0.1, 0.15) is 33.1 Å². The lowest BCUT2D eigenvalue weighted by Crippen LogP contribution is -2.45. The first-order chi connectivity index (χ1) is 7.40. The van der Waals surface area contributed by atoms with Gasteiger partial charge in [0.1, 0.15) is 6.54 Å². The molecule has 96 valence electrons. The van der Waals surface area contributed by atoms with Crippen LogP contribution in [0.2, 0.25) is 0 Å². The van der Waals surface area contributed by atoms with Crippen molar-refractivity contribution in [2.24, 2.45) is 0 Å². The highest BCUT2D eigenvalue weighted by molar-refractivity contribution is 7.80. The Bertz CT molecular complexity index is 207. The number of alkyl halides is 3. The lowest BCUT2D eigenvalue weighted by molar-refractivity contribution is -0.137. The Morgan fingerprint density at radius 1 is 1.25 bits per heavy atom. The molecule has 0 aromatic carbocycles. The highest BCUT2D eigenvalue weighted by Crippen LogP contribution is 2.16. The number of thiocarbonyl (C=S) groups is 1. The third-order valence-corrected chi connectivity index (χ3v) is 2.36. The molecule has 6 heteroatoms. The minimum absolute atomic E-state index is 0.202. The second kappa shape index (κ2) is 7.70. The SMILES string of the molecule is CCCCNC(=S)N(CCC)CC(F)(F)F. The van der Waals surface area contributed by atoms with Gasteiger partial charge in [-0.05, 0) is 25.1 Å². The molecule has 0 aliphatic carbocycles. The van der Waals surface area contributed by atoms with Gasteiger partial charge >= 0.3 is 6.18 Å². The molecule has 0 saturated carbocycles. The summed E-state index contributed by atoms with van der Waals surface area (Å²) in [6.07, 6.45) is -1.66. The van der Waals surface area contributed by atoms with Crippen LogP contribution in [0.25, 0.3) is 0 Å². The zero-order valence-electron chi connectivity index (χ0n) is 9.73. The molecule has 0 bridgehead atoms. The van der Waals surface area contributed by atoms with Gasteiger partial charge < -0.3 is 10.2 Å². The maximum absolute atomic E-state index is 12.2. The zero-order chi connectivity index (χ0) is 12.6. The van der Waals surface area contributed by atoms with Crippen LogP contribution < -0.4 is 5.32 Å². The van der Waals surface area contributed by atoms with Crippen molar-refractivity contribution in [2.45, 2.75) is 39.3 Å². The summed E-state index contributed by atoms with van der Waals surface area (Å²) in [6, 6.07) is 0. The molecule has 2 nitrogen and oxygen atoms in total. The van der Waals surface area contributed by atoms with Gasteiger partial charge in [0.2, 0.25) is 0 Å². The van der Waals surface area contributed by atoms with Gasteiger partial charge in [0, 0.05) is 13.1 Å². The molecule has 0 amide bonds. The van der Waals surface area contributed by atoms with Crippen LogP contribution in [0.3, 0.4) is 0 Å². The van der Waals surface area contributed by atoms with Crippen LogP contribution in [0.4, 0.5) is 13.2 Å². The second-order valence-electron chi connectivity index (χ2n) is 3.62. The van der Waals surface area contributed by atoms with Crippen molar-refractivity contribution in [1.29, 1.82) is 0 Å². The Morgan fingerprint density at radius 3 is 2.31 bits per heavy atom. The van der Waals surface area contributed by atoms with Gasteiger partial charge in [-0.2, -0.15) is 13.2 Å². The van der Waals surface area contributed by atoms with Gasteiger partial charge in [-0.1, -0.05) is 20.3 Å². The second-order valence-corrected chi connectivity index (χ2v) is 4.01. The lowest BCUT2D eigenvalue weighted by atomic mass is 10.3. The first-order valence-electron chi connectivity index (χ1n) is 5.50. The number of unbranched alkanes of at least 4 members (excludes halogenated alkanes) is 1. The van der Waals surface area contributed by atoms with E-state index in [2.05, 4.69) is 5.32 Å². The van der Waals surface area contributed by atoms with Crippen LogP contribution in [0.5, 0.6) is 0 Å². The molecular formula is C10H19F3N2S. The maximum Gasteiger partial charge on any atom is 0.406 e. The lowest BCUT2D eigenvalue weighted by Gasteiger charge is -2.26. The van der Waals surface area contributed by atoms with Crippen molar-refractivity contribution in [3.8, 4) is 0 Å². The van der Waals surface area contributed by atoms with Crippen molar-refractivity contribution in [2.75, 3.05) is 19.6 Å². The summed E-state index contributed by atoms with van der Waals surface area (Å²) in [7, 11) is 0. The third-order valence-electron chi connectivity index (χ3n) is 1.96. The molecule has 16 heavy (non-hydrogen) atoms. The van der Waals surface area contributed by atoms with Crippen molar-refractivity contribution in [3.63, 3.8) is 0 Å². The van der Waals surface area contributed by atoms with Gasteiger partial charge in [-0.3, -0.25) is 0 Å². The molecule has 0 fully saturated rings. The van der Waals surface area contributed by atoms with E-state index in [-0.39, 0.29) is 5.11 Å². The Morgan fingerprint density at radius 2 is 1.88 bits per heavy atom. The van der Waals surface area contributed by atoms with Crippen molar-refractivity contribution in [1.82, 2.24) is 10.2 Å². The summed E-state index contributed by atoms with van der Waals surface area (Å²) in [6.45, 7) is 3.84. The molecule has 0 saturated heterocycles. The van der Waals surface area contributed by atoms with Crippen LogP contribution in [-0.4, -0.2) is 35.8 Å². The molecule has 0 aromatic rings. The van der Waals surface area contributed by atoms with Gasteiger partial charge in [0.25, 0.3) is 0 Å². The molecular weight excluding hydrogens is 237 g/mol. The van der Waals surface area contributed by atoms with Crippen molar-refractivity contribution >= 4 is 17.3 Å². The summed E-state index contributed by atoms with van der Waals surface area (Å²) in [5.41, 5.74) is 0. The average Bonchev–Trinajstić information content (AvgIpc) is 2.15. The molecule has 0 spiro atoms. The molecule has 0 rings (SSSR count). The van der Waals surface area contributed by atoms with E-state index in [0.29, 0.717) is 19.5 Å². The number of hydrogen-bond donors (Lipinski definition) is 1. The van der Waals surface area contributed by atoms with Crippen molar-refractivity contribution in [3.05, 3.63) is 0 Å². The molecule has 0 aliphatic heterocycles.